The second kappa shape index (κ2) is 10.0. The van der Waals surface area contributed by atoms with Gasteiger partial charge in [0, 0.05) is 36.9 Å². The summed E-state index contributed by atoms with van der Waals surface area (Å²) < 4.78 is 49.0. The minimum Gasteiger partial charge on any atom is -0.491 e. The third-order valence-electron chi connectivity index (χ3n) is 4.56. The number of aromatic nitrogens is 2. The van der Waals surface area contributed by atoms with Crippen LogP contribution in [0.4, 0.5) is 28.9 Å². The summed E-state index contributed by atoms with van der Waals surface area (Å²) in [5.74, 6) is 0.393. The number of piperazine rings is 1. The first-order valence-corrected chi connectivity index (χ1v) is 11.4. The fraction of sp³-hybridized carbons (Fsp3) is 0.524. The molecule has 0 radical (unpaired) electrons. The number of amides is 2. The Labute approximate surface area is 198 Å². The molecule has 1 atom stereocenters. The van der Waals surface area contributed by atoms with Crippen LogP contribution in [0.25, 0.3) is 0 Å². The van der Waals surface area contributed by atoms with E-state index in [-0.39, 0.29) is 31.0 Å². The Hall–Kier alpha value is -3.09. The van der Waals surface area contributed by atoms with Gasteiger partial charge in [0.1, 0.15) is 29.5 Å². The molecule has 1 N–H and O–H groups in total. The Morgan fingerprint density at radius 1 is 1.24 bits per heavy atom. The van der Waals surface area contributed by atoms with Crippen LogP contribution in [-0.4, -0.2) is 59.9 Å². The van der Waals surface area contributed by atoms with E-state index in [0.717, 1.165) is 0 Å². The number of carbonyl (C=O) groups is 2. The molecule has 1 fully saturated rings. The first-order chi connectivity index (χ1) is 15.8. The van der Waals surface area contributed by atoms with E-state index in [4.69, 9.17) is 9.47 Å². The van der Waals surface area contributed by atoms with Gasteiger partial charge < -0.3 is 24.6 Å². The Kier molecular flexibility index (Phi) is 7.54. The Morgan fingerprint density at radius 3 is 2.50 bits per heavy atom. The zero-order chi connectivity index (χ0) is 25.1. The average molecular weight is 502 g/mol. The molecule has 0 aliphatic carbocycles. The number of nitrogens with one attached hydrogen (secondary N) is 1. The van der Waals surface area contributed by atoms with Crippen LogP contribution < -0.4 is 19.9 Å². The lowest BCUT2D eigenvalue weighted by Crippen LogP contribution is -2.51. The summed E-state index contributed by atoms with van der Waals surface area (Å²) in [5.41, 5.74) is -1.54. The van der Waals surface area contributed by atoms with Crippen molar-refractivity contribution in [2.24, 2.45) is 0 Å². The molecule has 186 valence electrons. The molecule has 1 aliphatic heterocycles. The highest BCUT2D eigenvalue weighted by atomic mass is 32.1. The van der Waals surface area contributed by atoms with Crippen molar-refractivity contribution < 1.29 is 32.2 Å². The summed E-state index contributed by atoms with van der Waals surface area (Å²) in [6, 6.07) is 1.43. The lowest BCUT2D eigenvalue weighted by Gasteiger charge is -2.33. The maximum absolute atomic E-state index is 12.7. The third-order valence-corrected chi connectivity index (χ3v) is 5.49. The number of alkyl halides is 3. The Balaban J connectivity index is 1.51. The first kappa shape index (κ1) is 25.5. The van der Waals surface area contributed by atoms with Crippen molar-refractivity contribution in [3.8, 4) is 5.75 Å². The van der Waals surface area contributed by atoms with E-state index in [9.17, 15) is 22.8 Å². The molecule has 0 unspecified atom stereocenters. The number of thiophene rings is 1. The molecule has 1 aliphatic rings. The second-order valence-corrected chi connectivity index (χ2v) is 9.61. The predicted octanol–water partition coefficient (Wildman–Crippen LogP) is 3.70. The summed E-state index contributed by atoms with van der Waals surface area (Å²) in [7, 11) is 0. The van der Waals surface area contributed by atoms with Gasteiger partial charge >= 0.3 is 12.3 Å². The van der Waals surface area contributed by atoms with Crippen molar-refractivity contribution in [2.45, 2.75) is 45.5 Å². The van der Waals surface area contributed by atoms with E-state index in [0.29, 0.717) is 36.2 Å². The topological polar surface area (TPSA) is 96.9 Å². The molecule has 2 aromatic heterocycles. The van der Waals surface area contributed by atoms with Crippen LogP contribution in [0.1, 0.15) is 33.3 Å². The number of carbonyl (C=O) groups excluding carboxylic acids is 2. The van der Waals surface area contributed by atoms with Crippen LogP contribution in [0.2, 0.25) is 0 Å². The molecule has 2 aromatic rings. The van der Waals surface area contributed by atoms with E-state index >= 15 is 0 Å². The van der Waals surface area contributed by atoms with Crippen LogP contribution in [-0.2, 0) is 15.7 Å². The van der Waals surface area contributed by atoms with Gasteiger partial charge in [-0.25, -0.2) is 14.8 Å². The van der Waals surface area contributed by atoms with Gasteiger partial charge in [-0.3, -0.25) is 4.79 Å². The summed E-state index contributed by atoms with van der Waals surface area (Å²) in [6.45, 7) is 7.94. The summed E-state index contributed by atoms with van der Waals surface area (Å²) in [6.07, 6.45) is -3.63. The Bertz CT molecular complexity index is 1010. The number of hydrogen-bond donors (Lipinski definition) is 1. The SMILES string of the molecule is C[C@@H](COc1csc(N2CCN(c3ncc(C(F)(F)F)cn3)CC2=O)c1)NC(=O)OC(C)(C)C. The number of nitrogens with zero attached hydrogens (tertiary/aromatic N) is 4. The van der Waals surface area contributed by atoms with E-state index in [1.807, 2.05) is 0 Å². The molecule has 0 aromatic carbocycles. The number of alkyl carbamates (subject to hydrolysis) is 1. The normalized spacial score (nSPS) is 15.8. The van der Waals surface area contributed by atoms with E-state index < -0.39 is 23.4 Å². The number of anilines is 2. The maximum Gasteiger partial charge on any atom is 0.419 e. The fourth-order valence-electron chi connectivity index (χ4n) is 3.00. The van der Waals surface area contributed by atoms with Crippen LogP contribution in [0.3, 0.4) is 0 Å². The summed E-state index contributed by atoms with van der Waals surface area (Å²) >= 11 is 1.33. The van der Waals surface area contributed by atoms with Gasteiger partial charge in [-0.15, -0.1) is 11.3 Å². The lowest BCUT2D eigenvalue weighted by molar-refractivity contribution is -0.138. The molecule has 0 bridgehead atoms. The van der Waals surface area contributed by atoms with Gasteiger partial charge in [0.2, 0.25) is 11.9 Å². The fourth-order valence-corrected chi connectivity index (χ4v) is 3.88. The molecule has 2 amide bonds. The average Bonchev–Trinajstić information content (AvgIpc) is 3.19. The van der Waals surface area contributed by atoms with Gasteiger partial charge in [-0.1, -0.05) is 0 Å². The van der Waals surface area contributed by atoms with Crippen LogP contribution in [0.15, 0.2) is 23.8 Å². The standard InChI is InChI=1S/C21H26F3N5O4S/c1-13(27-19(31)33-20(2,3)4)11-32-15-7-17(34-12-15)29-6-5-28(10-16(29)30)18-25-8-14(9-26-18)21(22,23)24/h7-9,12-13H,5-6,10-11H2,1-4H3,(H,27,31)/t13-/m0/s1. The van der Waals surface area contributed by atoms with Crippen molar-refractivity contribution in [2.75, 3.05) is 36.0 Å². The quantitative estimate of drug-likeness (QED) is 0.645. The number of ether oxygens (including phenoxy) is 2. The molecule has 9 nitrogen and oxygen atoms in total. The highest BCUT2D eigenvalue weighted by molar-refractivity contribution is 7.14. The van der Waals surface area contributed by atoms with Gasteiger partial charge in [0.15, 0.2) is 0 Å². The monoisotopic (exact) mass is 501 g/mol. The minimum atomic E-state index is -4.52. The van der Waals surface area contributed by atoms with Crippen LogP contribution in [0.5, 0.6) is 5.75 Å². The van der Waals surface area contributed by atoms with E-state index in [2.05, 4.69) is 15.3 Å². The number of halogens is 3. The van der Waals surface area contributed by atoms with Gasteiger partial charge in [-0.2, -0.15) is 13.2 Å². The van der Waals surface area contributed by atoms with Crippen molar-refractivity contribution in [1.29, 1.82) is 0 Å². The molecule has 3 rings (SSSR count). The zero-order valence-electron chi connectivity index (χ0n) is 19.2. The van der Waals surface area contributed by atoms with Gasteiger partial charge in [0.05, 0.1) is 11.6 Å². The number of hydrogen-bond acceptors (Lipinski definition) is 8. The summed E-state index contributed by atoms with van der Waals surface area (Å²) in [4.78, 5) is 35.1. The molecule has 13 heteroatoms. The van der Waals surface area contributed by atoms with Crippen molar-refractivity contribution >= 4 is 34.3 Å². The maximum atomic E-state index is 12.7. The molecule has 0 spiro atoms. The van der Waals surface area contributed by atoms with Crippen molar-refractivity contribution in [3.05, 3.63) is 29.4 Å². The van der Waals surface area contributed by atoms with E-state index in [1.54, 1.807) is 44.0 Å². The largest absolute Gasteiger partial charge is 0.491 e. The van der Waals surface area contributed by atoms with Crippen LogP contribution >= 0.6 is 11.3 Å². The zero-order valence-corrected chi connectivity index (χ0v) is 20.0. The number of rotatable bonds is 6. The highest BCUT2D eigenvalue weighted by Crippen LogP contribution is 2.32. The highest BCUT2D eigenvalue weighted by Gasteiger charge is 2.32. The molecular formula is C21H26F3N5O4S. The van der Waals surface area contributed by atoms with Crippen molar-refractivity contribution in [1.82, 2.24) is 15.3 Å². The molecular weight excluding hydrogens is 475 g/mol. The van der Waals surface area contributed by atoms with E-state index in [1.165, 1.54) is 16.2 Å². The second-order valence-electron chi connectivity index (χ2n) is 8.72. The van der Waals surface area contributed by atoms with Crippen molar-refractivity contribution in [3.63, 3.8) is 0 Å². The lowest BCUT2D eigenvalue weighted by atomic mass is 10.2. The van der Waals surface area contributed by atoms with Crippen LogP contribution in [0, 0.1) is 0 Å². The van der Waals surface area contributed by atoms with Gasteiger partial charge in [-0.05, 0) is 27.7 Å². The Morgan fingerprint density at radius 2 is 1.91 bits per heavy atom. The third kappa shape index (κ3) is 6.95. The first-order valence-electron chi connectivity index (χ1n) is 10.5. The van der Waals surface area contributed by atoms with Gasteiger partial charge in [0.25, 0.3) is 0 Å². The predicted molar refractivity (Wildman–Crippen MR) is 120 cm³/mol. The molecule has 1 saturated heterocycles. The molecule has 0 saturated carbocycles. The minimum absolute atomic E-state index is 0.0592. The smallest absolute Gasteiger partial charge is 0.419 e. The molecule has 34 heavy (non-hydrogen) atoms. The molecule has 3 heterocycles. The summed E-state index contributed by atoms with van der Waals surface area (Å²) in [5, 5.41) is 5.13.